The highest BCUT2D eigenvalue weighted by molar-refractivity contribution is 5.96. The van der Waals surface area contributed by atoms with Gasteiger partial charge in [-0.25, -0.2) is 0 Å². The van der Waals surface area contributed by atoms with Crippen molar-refractivity contribution in [2.24, 2.45) is 0 Å². The summed E-state index contributed by atoms with van der Waals surface area (Å²) in [7, 11) is 1.62. The van der Waals surface area contributed by atoms with E-state index in [0.29, 0.717) is 12.8 Å². The summed E-state index contributed by atoms with van der Waals surface area (Å²) >= 11 is 0. The van der Waals surface area contributed by atoms with Crippen LogP contribution in [0.1, 0.15) is 25.7 Å². The Balaban J connectivity index is 2.86. The molecule has 1 rings (SSSR count). The third-order valence-corrected chi connectivity index (χ3v) is 2.08. The van der Waals surface area contributed by atoms with Crippen molar-refractivity contribution in [3.05, 3.63) is 24.0 Å². The van der Waals surface area contributed by atoms with Gasteiger partial charge in [-0.05, 0) is 12.8 Å². The first-order valence-corrected chi connectivity index (χ1v) is 4.19. The van der Waals surface area contributed by atoms with Gasteiger partial charge in [0.05, 0.1) is 7.11 Å². The maximum Gasteiger partial charge on any atom is 0.162 e. The molecule has 0 bridgehead atoms. The van der Waals surface area contributed by atoms with Gasteiger partial charge >= 0.3 is 0 Å². The summed E-state index contributed by atoms with van der Waals surface area (Å²) in [4.78, 5) is 11.4. The molecule has 2 heteroatoms. The molecule has 0 saturated heterocycles. The SMILES string of the molecule is C=CCC1=C(OC)CCCC1=O. The lowest BCUT2D eigenvalue weighted by Crippen LogP contribution is -2.12. The van der Waals surface area contributed by atoms with E-state index in [-0.39, 0.29) is 5.78 Å². The van der Waals surface area contributed by atoms with Crippen molar-refractivity contribution in [1.29, 1.82) is 0 Å². The van der Waals surface area contributed by atoms with Gasteiger partial charge in [0.25, 0.3) is 0 Å². The van der Waals surface area contributed by atoms with Crippen LogP contribution in [-0.2, 0) is 9.53 Å². The highest BCUT2D eigenvalue weighted by atomic mass is 16.5. The number of rotatable bonds is 3. The van der Waals surface area contributed by atoms with Crippen molar-refractivity contribution in [2.75, 3.05) is 7.11 Å². The number of Topliss-reactive ketones (excluding diaryl/α,β-unsaturated/α-hetero) is 1. The van der Waals surface area contributed by atoms with E-state index >= 15 is 0 Å². The summed E-state index contributed by atoms with van der Waals surface area (Å²) in [6, 6.07) is 0. The molecule has 12 heavy (non-hydrogen) atoms. The van der Waals surface area contributed by atoms with Crippen molar-refractivity contribution in [2.45, 2.75) is 25.7 Å². The van der Waals surface area contributed by atoms with E-state index in [4.69, 9.17) is 4.74 Å². The van der Waals surface area contributed by atoms with Crippen LogP contribution < -0.4 is 0 Å². The summed E-state index contributed by atoms with van der Waals surface area (Å²) in [6.45, 7) is 3.62. The van der Waals surface area contributed by atoms with Crippen LogP contribution in [0.25, 0.3) is 0 Å². The van der Waals surface area contributed by atoms with Gasteiger partial charge in [-0.15, -0.1) is 6.58 Å². The lowest BCUT2D eigenvalue weighted by molar-refractivity contribution is -0.116. The van der Waals surface area contributed by atoms with Gasteiger partial charge in [0.1, 0.15) is 5.76 Å². The predicted molar refractivity (Wildman–Crippen MR) is 47.7 cm³/mol. The fraction of sp³-hybridized carbons (Fsp3) is 0.500. The number of carbonyl (C=O) groups is 1. The van der Waals surface area contributed by atoms with Gasteiger partial charge in [-0.2, -0.15) is 0 Å². The van der Waals surface area contributed by atoms with Crippen LogP contribution in [0.2, 0.25) is 0 Å². The minimum Gasteiger partial charge on any atom is -0.501 e. The standard InChI is InChI=1S/C10H14O2/c1-3-5-8-9(11)6-4-7-10(8)12-2/h3H,1,4-7H2,2H3. The molecule has 0 aromatic carbocycles. The quantitative estimate of drug-likeness (QED) is 0.601. The monoisotopic (exact) mass is 166 g/mol. The molecule has 0 N–H and O–H groups in total. The summed E-state index contributed by atoms with van der Waals surface area (Å²) in [6.07, 6.45) is 4.86. The molecule has 0 heterocycles. The number of carbonyl (C=O) groups excluding carboxylic acids is 1. The van der Waals surface area contributed by atoms with Gasteiger partial charge in [-0.1, -0.05) is 6.08 Å². The molecule has 0 spiro atoms. The number of methoxy groups -OCH3 is 1. The zero-order chi connectivity index (χ0) is 8.97. The molecule has 0 amide bonds. The van der Waals surface area contributed by atoms with E-state index in [1.807, 2.05) is 0 Å². The molecule has 0 aromatic heterocycles. The predicted octanol–water partition coefficient (Wildman–Crippen LogP) is 2.22. The van der Waals surface area contributed by atoms with E-state index in [1.165, 1.54) is 0 Å². The Bertz CT molecular complexity index is 226. The second kappa shape index (κ2) is 4.10. The van der Waals surface area contributed by atoms with Gasteiger partial charge < -0.3 is 4.74 Å². The Kier molecular flexibility index (Phi) is 3.09. The van der Waals surface area contributed by atoms with E-state index in [9.17, 15) is 4.79 Å². The number of ketones is 1. The zero-order valence-electron chi connectivity index (χ0n) is 7.43. The topological polar surface area (TPSA) is 26.3 Å². The Morgan fingerprint density at radius 3 is 2.92 bits per heavy atom. The average Bonchev–Trinajstić information content (AvgIpc) is 2.09. The van der Waals surface area contributed by atoms with E-state index in [2.05, 4.69) is 6.58 Å². The van der Waals surface area contributed by atoms with Crippen LogP contribution in [-0.4, -0.2) is 12.9 Å². The minimum absolute atomic E-state index is 0.220. The molecule has 1 aliphatic rings. The van der Waals surface area contributed by atoms with Crippen molar-refractivity contribution >= 4 is 5.78 Å². The van der Waals surface area contributed by atoms with Crippen molar-refractivity contribution < 1.29 is 9.53 Å². The van der Waals surface area contributed by atoms with Crippen LogP contribution in [0.5, 0.6) is 0 Å². The molecular weight excluding hydrogens is 152 g/mol. The maximum absolute atomic E-state index is 11.4. The van der Waals surface area contributed by atoms with Crippen molar-refractivity contribution in [3.63, 3.8) is 0 Å². The van der Waals surface area contributed by atoms with Crippen LogP contribution in [0.3, 0.4) is 0 Å². The summed E-state index contributed by atoms with van der Waals surface area (Å²) < 4.78 is 5.14. The highest BCUT2D eigenvalue weighted by Gasteiger charge is 2.19. The first kappa shape index (κ1) is 9.04. The lowest BCUT2D eigenvalue weighted by Gasteiger charge is -2.16. The van der Waals surface area contributed by atoms with E-state index in [1.54, 1.807) is 13.2 Å². The number of hydrogen-bond acceptors (Lipinski definition) is 2. The third-order valence-electron chi connectivity index (χ3n) is 2.08. The Hall–Kier alpha value is -1.05. The lowest BCUT2D eigenvalue weighted by atomic mass is 9.94. The van der Waals surface area contributed by atoms with E-state index < -0.39 is 0 Å². The zero-order valence-corrected chi connectivity index (χ0v) is 7.43. The van der Waals surface area contributed by atoms with Crippen molar-refractivity contribution in [1.82, 2.24) is 0 Å². The Morgan fingerprint density at radius 2 is 2.33 bits per heavy atom. The summed E-state index contributed by atoms with van der Waals surface area (Å²) in [5.41, 5.74) is 0.818. The molecule has 0 unspecified atom stereocenters. The van der Waals surface area contributed by atoms with Gasteiger partial charge in [0, 0.05) is 18.4 Å². The van der Waals surface area contributed by atoms with Gasteiger partial charge in [0.15, 0.2) is 5.78 Å². The maximum atomic E-state index is 11.4. The first-order chi connectivity index (χ1) is 5.79. The van der Waals surface area contributed by atoms with Gasteiger partial charge in [-0.3, -0.25) is 4.79 Å². The number of allylic oxidation sites excluding steroid dienone is 3. The molecular formula is C10H14O2. The van der Waals surface area contributed by atoms with Crippen LogP contribution >= 0.6 is 0 Å². The molecule has 2 nitrogen and oxygen atoms in total. The van der Waals surface area contributed by atoms with E-state index in [0.717, 1.165) is 24.2 Å². The second-order valence-corrected chi connectivity index (χ2v) is 2.88. The second-order valence-electron chi connectivity index (χ2n) is 2.88. The minimum atomic E-state index is 0.220. The molecule has 0 radical (unpaired) electrons. The normalized spacial score (nSPS) is 17.9. The van der Waals surface area contributed by atoms with Gasteiger partial charge in [0.2, 0.25) is 0 Å². The fourth-order valence-electron chi connectivity index (χ4n) is 1.46. The number of ether oxygens (including phenoxy) is 1. The average molecular weight is 166 g/mol. The summed E-state index contributed by atoms with van der Waals surface area (Å²) in [5, 5.41) is 0. The molecule has 0 atom stereocenters. The summed E-state index contributed by atoms with van der Waals surface area (Å²) in [5.74, 6) is 1.07. The first-order valence-electron chi connectivity index (χ1n) is 4.19. The van der Waals surface area contributed by atoms with Crippen LogP contribution in [0.4, 0.5) is 0 Å². The van der Waals surface area contributed by atoms with Crippen molar-refractivity contribution in [3.8, 4) is 0 Å². The molecule has 0 saturated carbocycles. The largest absolute Gasteiger partial charge is 0.501 e. The molecule has 0 fully saturated rings. The molecule has 0 aromatic rings. The fourth-order valence-corrected chi connectivity index (χ4v) is 1.46. The molecule has 0 aliphatic heterocycles. The highest BCUT2D eigenvalue weighted by Crippen LogP contribution is 2.24. The Labute approximate surface area is 72.9 Å². The Morgan fingerprint density at radius 1 is 1.58 bits per heavy atom. The molecule has 66 valence electrons. The molecule has 1 aliphatic carbocycles. The smallest absolute Gasteiger partial charge is 0.162 e. The third kappa shape index (κ3) is 1.76. The van der Waals surface area contributed by atoms with Crippen LogP contribution in [0.15, 0.2) is 24.0 Å². The van der Waals surface area contributed by atoms with Crippen LogP contribution in [0, 0.1) is 0 Å². The number of hydrogen-bond donors (Lipinski definition) is 0.